The van der Waals surface area contributed by atoms with Crippen LogP contribution in [0.3, 0.4) is 0 Å². The van der Waals surface area contributed by atoms with Crippen LogP contribution in [0.2, 0.25) is 0 Å². The van der Waals surface area contributed by atoms with E-state index in [1.165, 1.54) is 12.1 Å². The van der Waals surface area contributed by atoms with Crippen molar-refractivity contribution < 1.29 is 19.1 Å². The second kappa shape index (κ2) is 8.05. The molecule has 4 N–H and O–H groups in total. The van der Waals surface area contributed by atoms with Gasteiger partial charge in [0.2, 0.25) is 5.91 Å². The summed E-state index contributed by atoms with van der Waals surface area (Å²) in [6.45, 7) is 0.303. The minimum atomic E-state index is -0.868. The third kappa shape index (κ3) is 4.14. The molecule has 7 heteroatoms. The number of rotatable bonds is 6. The second-order valence-corrected chi connectivity index (χ2v) is 7.32. The van der Waals surface area contributed by atoms with Crippen molar-refractivity contribution in [2.45, 2.75) is 37.9 Å². The van der Waals surface area contributed by atoms with Crippen LogP contribution >= 0.6 is 0 Å². The van der Waals surface area contributed by atoms with Crippen molar-refractivity contribution in [3.05, 3.63) is 71.2 Å². The molecule has 2 aromatic carbocycles. The van der Waals surface area contributed by atoms with Crippen LogP contribution < -0.4 is 10.6 Å². The summed E-state index contributed by atoms with van der Waals surface area (Å²) in [6.07, 6.45) is 0.908. The predicted molar refractivity (Wildman–Crippen MR) is 107 cm³/mol. The number of H-pyrrole nitrogens is 1. The van der Waals surface area contributed by atoms with Gasteiger partial charge >= 0.3 is 5.97 Å². The third-order valence-electron chi connectivity index (χ3n) is 5.35. The van der Waals surface area contributed by atoms with Gasteiger partial charge < -0.3 is 15.4 Å². The number of hydrogen-bond acceptors (Lipinski definition) is 3. The number of carboxylic acid groups (broad SMARTS) is 1. The lowest BCUT2D eigenvalue weighted by atomic mass is 9.91. The van der Waals surface area contributed by atoms with E-state index in [1.807, 2.05) is 24.3 Å². The van der Waals surface area contributed by atoms with Crippen LogP contribution in [-0.2, 0) is 22.6 Å². The number of carbonyl (C=O) groups excluding carboxylic acids is 1. The van der Waals surface area contributed by atoms with Gasteiger partial charge in [0.1, 0.15) is 5.82 Å². The summed E-state index contributed by atoms with van der Waals surface area (Å²) in [5, 5.41) is 16.3. The number of benzene rings is 2. The maximum Gasteiger partial charge on any atom is 0.303 e. The molecule has 0 radical (unpaired) electrons. The summed E-state index contributed by atoms with van der Waals surface area (Å²) in [5.41, 5.74) is 3.80. The fourth-order valence-corrected chi connectivity index (χ4v) is 3.91. The van der Waals surface area contributed by atoms with Crippen LogP contribution in [0.1, 0.15) is 35.7 Å². The van der Waals surface area contributed by atoms with Gasteiger partial charge in [0, 0.05) is 35.6 Å². The number of carboxylic acids is 1. The van der Waals surface area contributed by atoms with Crippen molar-refractivity contribution in [2.75, 3.05) is 0 Å². The molecule has 3 aromatic rings. The normalized spacial score (nSPS) is 18.4. The molecule has 0 aliphatic carbocycles. The first-order chi connectivity index (χ1) is 14.0. The summed E-state index contributed by atoms with van der Waals surface area (Å²) in [5.74, 6) is -1.35. The highest BCUT2D eigenvalue weighted by atomic mass is 19.1. The topological polar surface area (TPSA) is 94.2 Å². The Morgan fingerprint density at radius 3 is 2.66 bits per heavy atom. The van der Waals surface area contributed by atoms with Crippen LogP contribution in [0.5, 0.6) is 0 Å². The molecule has 1 amide bonds. The molecular formula is C22H22FN3O3. The van der Waals surface area contributed by atoms with Gasteiger partial charge in [0.05, 0.1) is 6.04 Å². The van der Waals surface area contributed by atoms with E-state index in [0.29, 0.717) is 19.4 Å². The highest BCUT2D eigenvalue weighted by Crippen LogP contribution is 2.33. The van der Waals surface area contributed by atoms with Crippen molar-refractivity contribution in [1.29, 1.82) is 0 Å². The Morgan fingerprint density at radius 1 is 1.14 bits per heavy atom. The van der Waals surface area contributed by atoms with E-state index in [-0.39, 0.29) is 24.2 Å². The average Bonchev–Trinajstić information content (AvgIpc) is 3.10. The van der Waals surface area contributed by atoms with E-state index in [0.717, 1.165) is 27.7 Å². The van der Waals surface area contributed by atoms with Crippen LogP contribution in [-0.4, -0.2) is 28.0 Å². The molecule has 0 fully saturated rings. The van der Waals surface area contributed by atoms with Crippen molar-refractivity contribution in [2.24, 2.45) is 0 Å². The number of fused-ring (bicyclic) bond motifs is 3. The van der Waals surface area contributed by atoms with Gasteiger partial charge in [0.25, 0.3) is 0 Å². The molecule has 2 atom stereocenters. The first-order valence-corrected chi connectivity index (χ1v) is 9.60. The number of hydrogen-bond donors (Lipinski definition) is 4. The maximum absolute atomic E-state index is 13.0. The zero-order valence-electron chi connectivity index (χ0n) is 15.7. The molecule has 0 bridgehead atoms. The summed E-state index contributed by atoms with van der Waals surface area (Å²) >= 11 is 0. The zero-order valence-corrected chi connectivity index (χ0v) is 15.7. The molecule has 1 aromatic heterocycles. The van der Waals surface area contributed by atoms with E-state index in [2.05, 4.69) is 15.6 Å². The quantitative estimate of drug-likeness (QED) is 0.516. The molecule has 6 nitrogen and oxygen atoms in total. The molecule has 1 aliphatic rings. The lowest BCUT2D eigenvalue weighted by molar-refractivity contribution is -0.137. The molecular weight excluding hydrogens is 373 g/mol. The smallest absolute Gasteiger partial charge is 0.303 e. The largest absolute Gasteiger partial charge is 0.481 e. The molecule has 0 unspecified atom stereocenters. The minimum absolute atomic E-state index is 0.0103. The number of halogens is 1. The van der Waals surface area contributed by atoms with Gasteiger partial charge in [-0.2, -0.15) is 0 Å². The minimum Gasteiger partial charge on any atom is -0.481 e. The Labute approximate surface area is 167 Å². The molecule has 0 spiro atoms. The first kappa shape index (κ1) is 19.1. The monoisotopic (exact) mass is 395 g/mol. The van der Waals surface area contributed by atoms with Gasteiger partial charge in [-0.3, -0.25) is 14.9 Å². The molecule has 4 rings (SSSR count). The summed E-state index contributed by atoms with van der Waals surface area (Å²) < 4.78 is 13.0. The van der Waals surface area contributed by atoms with E-state index in [9.17, 15) is 14.0 Å². The maximum atomic E-state index is 13.0. The molecule has 29 heavy (non-hydrogen) atoms. The molecule has 2 heterocycles. The third-order valence-corrected chi connectivity index (χ3v) is 5.35. The Bertz CT molecular complexity index is 1050. The Kier molecular flexibility index (Phi) is 5.31. The summed E-state index contributed by atoms with van der Waals surface area (Å²) in [6, 6.07) is 13.2. The first-order valence-electron chi connectivity index (χ1n) is 9.60. The highest BCUT2D eigenvalue weighted by molar-refractivity contribution is 5.88. The number of amides is 1. The average molecular weight is 395 g/mol. The predicted octanol–water partition coefficient (Wildman–Crippen LogP) is 3.04. The van der Waals surface area contributed by atoms with Gasteiger partial charge in [-0.25, -0.2) is 4.39 Å². The molecule has 0 saturated heterocycles. The standard InChI is InChI=1S/C22H22FN3O3/c23-14-7-5-13(6-8-14)12-24-22(29)19-11-16-15-3-1-2-4-17(15)26-21(16)18(25-19)9-10-20(27)28/h1-8,18-19,25-26H,9-12H2,(H,24,29)(H,27,28)/t18-,19+/m1/s1. The number of aromatic nitrogens is 1. The van der Waals surface area contributed by atoms with Crippen LogP contribution in [0.4, 0.5) is 4.39 Å². The fraction of sp³-hybridized carbons (Fsp3) is 0.273. The van der Waals surface area contributed by atoms with E-state index < -0.39 is 12.0 Å². The fourth-order valence-electron chi connectivity index (χ4n) is 3.91. The Morgan fingerprint density at radius 2 is 1.90 bits per heavy atom. The SMILES string of the molecule is O=C(O)CC[C@H]1N[C@H](C(=O)NCc2ccc(F)cc2)Cc2c1[nH]c1ccccc21. The number of para-hydroxylation sites is 1. The van der Waals surface area contributed by atoms with Crippen LogP contribution in [0.15, 0.2) is 48.5 Å². The molecule has 150 valence electrons. The molecule has 1 aliphatic heterocycles. The summed E-state index contributed by atoms with van der Waals surface area (Å²) in [4.78, 5) is 27.3. The van der Waals surface area contributed by atoms with Gasteiger partial charge in [0.15, 0.2) is 0 Å². The van der Waals surface area contributed by atoms with Gasteiger partial charge in [-0.1, -0.05) is 30.3 Å². The van der Waals surface area contributed by atoms with Crippen molar-refractivity contribution >= 4 is 22.8 Å². The van der Waals surface area contributed by atoms with E-state index >= 15 is 0 Å². The zero-order chi connectivity index (χ0) is 20.4. The van der Waals surface area contributed by atoms with Gasteiger partial charge in [-0.15, -0.1) is 0 Å². The number of aromatic amines is 1. The highest BCUT2D eigenvalue weighted by Gasteiger charge is 2.33. The Hall–Kier alpha value is -3.19. The summed E-state index contributed by atoms with van der Waals surface area (Å²) in [7, 11) is 0. The number of nitrogens with one attached hydrogen (secondary N) is 3. The van der Waals surface area contributed by atoms with Crippen molar-refractivity contribution in [1.82, 2.24) is 15.6 Å². The second-order valence-electron chi connectivity index (χ2n) is 7.32. The van der Waals surface area contributed by atoms with Crippen LogP contribution in [0, 0.1) is 5.82 Å². The van der Waals surface area contributed by atoms with E-state index in [4.69, 9.17) is 5.11 Å². The van der Waals surface area contributed by atoms with Gasteiger partial charge in [-0.05, 0) is 42.2 Å². The van der Waals surface area contributed by atoms with Crippen molar-refractivity contribution in [3.8, 4) is 0 Å². The van der Waals surface area contributed by atoms with Crippen LogP contribution in [0.25, 0.3) is 10.9 Å². The number of carbonyl (C=O) groups is 2. The molecule has 0 saturated carbocycles. The Balaban J connectivity index is 1.54. The lowest BCUT2D eigenvalue weighted by Crippen LogP contribution is -2.49. The van der Waals surface area contributed by atoms with Crippen molar-refractivity contribution in [3.63, 3.8) is 0 Å². The van der Waals surface area contributed by atoms with E-state index in [1.54, 1.807) is 12.1 Å². The number of aliphatic carboxylic acids is 1. The lowest BCUT2D eigenvalue weighted by Gasteiger charge is -2.30.